The number of carbonyl (C=O) groups is 1. The predicted octanol–water partition coefficient (Wildman–Crippen LogP) is 2.44. The summed E-state index contributed by atoms with van der Waals surface area (Å²) in [6.07, 6.45) is 5.15. The SMILES string of the molecule is CCO[C@@H]1C[C@@H](NC(=O)c2cccc(SC)n2)[C@@H]1SC. The number of rotatable bonds is 6. The van der Waals surface area contributed by atoms with E-state index in [0.29, 0.717) is 10.9 Å². The van der Waals surface area contributed by atoms with Crippen LogP contribution in [0.5, 0.6) is 0 Å². The molecule has 0 unspecified atom stereocenters. The number of amides is 1. The minimum atomic E-state index is -0.0973. The number of nitrogens with one attached hydrogen (secondary N) is 1. The molecular formula is C14H20N2O2S2. The maximum atomic E-state index is 12.2. The van der Waals surface area contributed by atoms with Gasteiger partial charge in [0.05, 0.1) is 16.4 Å². The lowest BCUT2D eigenvalue weighted by atomic mass is 9.88. The van der Waals surface area contributed by atoms with Crippen molar-refractivity contribution in [1.29, 1.82) is 0 Å². The van der Waals surface area contributed by atoms with Crippen molar-refractivity contribution in [1.82, 2.24) is 10.3 Å². The van der Waals surface area contributed by atoms with E-state index >= 15 is 0 Å². The van der Waals surface area contributed by atoms with Gasteiger partial charge in [0.15, 0.2) is 0 Å². The van der Waals surface area contributed by atoms with Gasteiger partial charge in [-0.25, -0.2) is 4.98 Å². The minimum absolute atomic E-state index is 0.0973. The third-order valence-electron chi connectivity index (χ3n) is 3.38. The summed E-state index contributed by atoms with van der Waals surface area (Å²) in [6, 6.07) is 5.69. The van der Waals surface area contributed by atoms with Gasteiger partial charge < -0.3 is 10.1 Å². The Kier molecular flexibility index (Phi) is 5.74. The van der Waals surface area contributed by atoms with Gasteiger partial charge in [0.1, 0.15) is 5.69 Å². The molecule has 110 valence electrons. The van der Waals surface area contributed by atoms with Crippen LogP contribution in [0.1, 0.15) is 23.8 Å². The van der Waals surface area contributed by atoms with E-state index in [1.165, 1.54) is 11.8 Å². The van der Waals surface area contributed by atoms with Crippen molar-refractivity contribution in [2.45, 2.75) is 35.8 Å². The molecule has 1 heterocycles. The Bertz CT molecular complexity index is 470. The highest BCUT2D eigenvalue weighted by Crippen LogP contribution is 2.33. The molecule has 1 saturated carbocycles. The van der Waals surface area contributed by atoms with Gasteiger partial charge in [0.2, 0.25) is 0 Å². The van der Waals surface area contributed by atoms with E-state index in [1.807, 2.05) is 25.3 Å². The molecule has 6 heteroatoms. The second kappa shape index (κ2) is 7.33. The van der Waals surface area contributed by atoms with Crippen LogP contribution in [0.3, 0.4) is 0 Å². The molecule has 1 aromatic rings. The molecule has 0 aliphatic heterocycles. The summed E-state index contributed by atoms with van der Waals surface area (Å²) < 4.78 is 5.64. The molecule has 0 aromatic carbocycles. The molecule has 0 radical (unpaired) electrons. The fourth-order valence-corrected chi connectivity index (χ4v) is 3.72. The van der Waals surface area contributed by atoms with Crippen molar-refractivity contribution in [3.8, 4) is 0 Å². The topological polar surface area (TPSA) is 51.2 Å². The molecule has 1 aliphatic carbocycles. The van der Waals surface area contributed by atoms with Crippen LogP contribution >= 0.6 is 23.5 Å². The first-order chi connectivity index (χ1) is 9.69. The van der Waals surface area contributed by atoms with E-state index in [4.69, 9.17) is 4.74 Å². The lowest BCUT2D eigenvalue weighted by molar-refractivity contribution is -0.00202. The number of pyridine rings is 1. The van der Waals surface area contributed by atoms with Crippen LogP contribution in [-0.2, 0) is 4.74 Å². The van der Waals surface area contributed by atoms with Crippen LogP contribution in [-0.4, -0.2) is 47.4 Å². The van der Waals surface area contributed by atoms with Crippen molar-refractivity contribution in [2.75, 3.05) is 19.1 Å². The number of thioether (sulfide) groups is 2. The summed E-state index contributed by atoms with van der Waals surface area (Å²) in [6.45, 7) is 2.72. The van der Waals surface area contributed by atoms with Gasteiger partial charge in [-0.1, -0.05) is 6.07 Å². The van der Waals surface area contributed by atoms with E-state index in [1.54, 1.807) is 17.8 Å². The molecule has 1 fully saturated rings. The lowest BCUT2D eigenvalue weighted by Gasteiger charge is -2.43. The Labute approximate surface area is 128 Å². The van der Waals surface area contributed by atoms with Crippen LogP contribution < -0.4 is 5.32 Å². The normalized spacial score (nSPS) is 25.1. The second-order valence-corrected chi connectivity index (χ2v) is 6.42. The summed E-state index contributed by atoms with van der Waals surface area (Å²) in [4.78, 5) is 16.5. The van der Waals surface area contributed by atoms with E-state index < -0.39 is 0 Å². The first-order valence-corrected chi connectivity index (χ1v) is 9.17. The number of hydrogen-bond acceptors (Lipinski definition) is 5. The lowest BCUT2D eigenvalue weighted by Crippen LogP contribution is -2.58. The maximum absolute atomic E-state index is 12.2. The zero-order valence-corrected chi connectivity index (χ0v) is 13.6. The average Bonchev–Trinajstić information content (AvgIpc) is 2.46. The molecule has 0 bridgehead atoms. The fraction of sp³-hybridized carbons (Fsp3) is 0.571. The second-order valence-electron chi connectivity index (χ2n) is 4.57. The van der Waals surface area contributed by atoms with Gasteiger partial charge in [-0.3, -0.25) is 4.79 Å². The molecule has 0 saturated heterocycles. The summed E-state index contributed by atoms with van der Waals surface area (Å²) in [5.74, 6) is -0.0973. The van der Waals surface area contributed by atoms with Gasteiger partial charge >= 0.3 is 0 Å². The van der Waals surface area contributed by atoms with Crippen molar-refractivity contribution in [2.24, 2.45) is 0 Å². The maximum Gasteiger partial charge on any atom is 0.270 e. The number of carbonyl (C=O) groups excluding carboxylic acids is 1. The highest BCUT2D eigenvalue weighted by atomic mass is 32.2. The third kappa shape index (κ3) is 3.48. The van der Waals surface area contributed by atoms with Gasteiger partial charge in [0, 0.05) is 12.6 Å². The Morgan fingerprint density at radius 3 is 2.95 bits per heavy atom. The average molecular weight is 312 g/mol. The van der Waals surface area contributed by atoms with Crippen molar-refractivity contribution >= 4 is 29.4 Å². The van der Waals surface area contributed by atoms with E-state index in [9.17, 15) is 4.79 Å². The largest absolute Gasteiger partial charge is 0.377 e. The Morgan fingerprint density at radius 1 is 1.50 bits per heavy atom. The highest BCUT2D eigenvalue weighted by Gasteiger charge is 2.42. The quantitative estimate of drug-likeness (QED) is 0.818. The monoisotopic (exact) mass is 312 g/mol. The first kappa shape index (κ1) is 15.7. The molecular weight excluding hydrogens is 292 g/mol. The van der Waals surface area contributed by atoms with E-state index in [-0.39, 0.29) is 18.1 Å². The molecule has 4 nitrogen and oxygen atoms in total. The molecule has 3 atom stereocenters. The zero-order valence-electron chi connectivity index (χ0n) is 12.0. The number of hydrogen-bond donors (Lipinski definition) is 1. The van der Waals surface area contributed by atoms with E-state index in [2.05, 4.69) is 16.6 Å². The zero-order chi connectivity index (χ0) is 14.5. The van der Waals surface area contributed by atoms with Crippen LogP contribution in [0.15, 0.2) is 23.2 Å². The standard InChI is InChI=1S/C14H20N2O2S2/c1-4-18-11-8-10(13(11)20-3)16-14(17)9-6-5-7-12(15-9)19-2/h5-7,10-11,13H,4,8H2,1-3H3,(H,16,17)/t10-,11-,13+/m1/s1. The summed E-state index contributed by atoms with van der Waals surface area (Å²) in [5, 5.41) is 4.26. The molecule has 1 aliphatic rings. The van der Waals surface area contributed by atoms with Crippen LogP contribution in [0, 0.1) is 0 Å². The molecule has 1 aromatic heterocycles. The Hall–Kier alpha value is -0.720. The smallest absolute Gasteiger partial charge is 0.270 e. The third-order valence-corrected chi connectivity index (χ3v) is 5.21. The van der Waals surface area contributed by atoms with Crippen LogP contribution in [0.25, 0.3) is 0 Å². The van der Waals surface area contributed by atoms with Crippen LogP contribution in [0.2, 0.25) is 0 Å². The van der Waals surface area contributed by atoms with Gasteiger partial charge in [-0.15, -0.1) is 11.8 Å². The number of aromatic nitrogens is 1. The van der Waals surface area contributed by atoms with Gasteiger partial charge in [0.25, 0.3) is 5.91 Å². The minimum Gasteiger partial charge on any atom is -0.377 e. The first-order valence-electron chi connectivity index (χ1n) is 6.66. The molecule has 1 amide bonds. The Balaban J connectivity index is 1.94. The van der Waals surface area contributed by atoms with Crippen molar-refractivity contribution < 1.29 is 9.53 Å². The summed E-state index contributed by atoms with van der Waals surface area (Å²) in [7, 11) is 0. The molecule has 1 N–H and O–H groups in total. The number of ether oxygens (including phenoxy) is 1. The van der Waals surface area contributed by atoms with Crippen LogP contribution in [0.4, 0.5) is 0 Å². The van der Waals surface area contributed by atoms with Crippen molar-refractivity contribution in [3.63, 3.8) is 0 Å². The number of nitrogens with zero attached hydrogens (tertiary/aromatic N) is 1. The predicted molar refractivity (Wildman–Crippen MR) is 84.6 cm³/mol. The molecule has 0 spiro atoms. The van der Waals surface area contributed by atoms with Crippen molar-refractivity contribution in [3.05, 3.63) is 23.9 Å². The van der Waals surface area contributed by atoms with Gasteiger partial charge in [-0.05, 0) is 38.0 Å². The highest BCUT2D eigenvalue weighted by molar-refractivity contribution is 7.99. The Morgan fingerprint density at radius 2 is 2.30 bits per heavy atom. The fourth-order valence-electron chi connectivity index (χ4n) is 2.31. The summed E-state index contributed by atoms with van der Waals surface area (Å²) in [5.41, 5.74) is 0.483. The molecule has 20 heavy (non-hydrogen) atoms. The van der Waals surface area contributed by atoms with Gasteiger partial charge in [-0.2, -0.15) is 11.8 Å². The van der Waals surface area contributed by atoms with E-state index in [0.717, 1.165) is 18.1 Å². The molecule has 2 rings (SSSR count). The summed E-state index contributed by atoms with van der Waals surface area (Å²) >= 11 is 3.28.